The summed E-state index contributed by atoms with van der Waals surface area (Å²) in [5, 5.41) is 9.28. The Morgan fingerprint density at radius 1 is 1.25 bits per heavy atom. The van der Waals surface area contributed by atoms with Gasteiger partial charge in [-0.1, -0.05) is 18.2 Å². The van der Waals surface area contributed by atoms with Crippen molar-refractivity contribution in [3.63, 3.8) is 0 Å². The monoisotopic (exact) mass is 326 g/mol. The molecule has 1 aromatic carbocycles. The highest BCUT2D eigenvalue weighted by Crippen LogP contribution is 2.27. The number of rotatable bonds is 6. The molecule has 0 saturated carbocycles. The van der Waals surface area contributed by atoms with Crippen molar-refractivity contribution in [2.75, 3.05) is 19.7 Å². The molecule has 2 heterocycles. The highest BCUT2D eigenvalue weighted by atomic mass is 16.5. The first-order valence-corrected chi connectivity index (χ1v) is 8.61. The van der Waals surface area contributed by atoms with Gasteiger partial charge >= 0.3 is 0 Å². The minimum absolute atomic E-state index is 0.300. The van der Waals surface area contributed by atoms with E-state index in [4.69, 9.17) is 4.74 Å². The van der Waals surface area contributed by atoms with E-state index >= 15 is 0 Å². The summed E-state index contributed by atoms with van der Waals surface area (Å²) in [7, 11) is 0. The number of hydrogen-bond acceptors (Lipinski definition) is 4. The van der Waals surface area contributed by atoms with Gasteiger partial charge < -0.3 is 9.84 Å². The van der Waals surface area contributed by atoms with Crippen LogP contribution in [0, 0.1) is 19.8 Å². The quantitative estimate of drug-likeness (QED) is 0.886. The predicted octanol–water partition coefficient (Wildman–Crippen LogP) is 3.09. The molecule has 1 atom stereocenters. The second-order valence-electron chi connectivity index (χ2n) is 6.74. The van der Waals surface area contributed by atoms with E-state index < -0.39 is 0 Å². The van der Waals surface area contributed by atoms with Gasteiger partial charge in [0.25, 0.3) is 0 Å². The van der Waals surface area contributed by atoms with Crippen LogP contribution in [0.4, 0.5) is 0 Å². The topological polar surface area (TPSA) is 45.6 Å². The van der Waals surface area contributed by atoms with Crippen LogP contribution in [0.3, 0.4) is 0 Å². The Morgan fingerprint density at radius 3 is 2.67 bits per heavy atom. The Bertz CT molecular complexity index is 650. The third-order valence-electron chi connectivity index (χ3n) is 4.65. The van der Waals surface area contributed by atoms with Gasteiger partial charge in [-0.15, -0.1) is 0 Å². The molecule has 24 heavy (non-hydrogen) atoms. The van der Waals surface area contributed by atoms with Gasteiger partial charge in [-0.25, -0.2) is 0 Å². The van der Waals surface area contributed by atoms with Crippen LogP contribution in [0.5, 0.6) is 5.75 Å². The lowest BCUT2D eigenvalue weighted by molar-refractivity contribution is 0.220. The molecule has 0 amide bonds. The number of ether oxygens (including phenoxy) is 1. The smallest absolute Gasteiger partial charge is 0.130 e. The fourth-order valence-corrected chi connectivity index (χ4v) is 3.45. The first-order valence-electron chi connectivity index (χ1n) is 8.61. The molecule has 3 rings (SSSR count). The molecule has 1 unspecified atom stereocenters. The third-order valence-corrected chi connectivity index (χ3v) is 4.65. The van der Waals surface area contributed by atoms with Gasteiger partial charge in [-0.3, -0.25) is 9.88 Å². The summed E-state index contributed by atoms with van der Waals surface area (Å²) < 4.78 is 6.00. The summed E-state index contributed by atoms with van der Waals surface area (Å²) in [6, 6.07) is 10.3. The van der Waals surface area contributed by atoms with E-state index in [1.807, 2.05) is 18.2 Å². The first kappa shape index (κ1) is 16.9. The number of aromatic nitrogens is 1. The van der Waals surface area contributed by atoms with E-state index in [1.54, 1.807) is 6.20 Å². The number of aliphatic hydroxyl groups excluding tert-OH is 1. The Hall–Kier alpha value is -1.91. The maximum Gasteiger partial charge on any atom is 0.130 e. The molecule has 0 bridgehead atoms. The first-order chi connectivity index (χ1) is 11.7. The zero-order valence-electron chi connectivity index (χ0n) is 14.5. The Morgan fingerprint density at radius 2 is 2.04 bits per heavy atom. The summed E-state index contributed by atoms with van der Waals surface area (Å²) in [4.78, 5) is 6.72. The summed E-state index contributed by atoms with van der Waals surface area (Å²) in [6.07, 6.45) is 2.89. The van der Waals surface area contributed by atoms with Crippen molar-refractivity contribution in [2.24, 2.45) is 5.92 Å². The summed E-state index contributed by atoms with van der Waals surface area (Å²) >= 11 is 0. The predicted molar refractivity (Wildman–Crippen MR) is 95.0 cm³/mol. The normalized spacial score (nSPS) is 18.0. The largest absolute Gasteiger partial charge is 0.487 e. The average Bonchev–Trinajstić information content (AvgIpc) is 3.02. The Balaban J connectivity index is 1.65. The van der Waals surface area contributed by atoms with Crippen molar-refractivity contribution >= 4 is 0 Å². The molecule has 1 aliphatic rings. The minimum Gasteiger partial charge on any atom is -0.487 e. The van der Waals surface area contributed by atoms with Gasteiger partial charge in [-0.2, -0.15) is 0 Å². The van der Waals surface area contributed by atoms with Gasteiger partial charge in [0, 0.05) is 25.9 Å². The highest BCUT2D eigenvalue weighted by Gasteiger charge is 2.21. The molecule has 1 fully saturated rings. The molecule has 1 saturated heterocycles. The zero-order chi connectivity index (χ0) is 16.9. The van der Waals surface area contributed by atoms with E-state index in [-0.39, 0.29) is 0 Å². The summed E-state index contributed by atoms with van der Waals surface area (Å²) in [6.45, 7) is 8.00. The van der Waals surface area contributed by atoms with Gasteiger partial charge in [-0.05, 0) is 61.6 Å². The second kappa shape index (κ2) is 7.77. The molecule has 0 aliphatic carbocycles. The van der Waals surface area contributed by atoms with Crippen molar-refractivity contribution in [1.82, 2.24) is 9.88 Å². The molecule has 1 N–H and O–H groups in total. The van der Waals surface area contributed by atoms with Crippen LogP contribution in [-0.2, 0) is 13.2 Å². The summed E-state index contributed by atoms with van der Waals surface area (Å²) in [5.74, 6) is 1.40. The molecule has 1 aliphatic heterocycles. The molecular formula is C20H26N2O2. The zero-order valence-corrected chi connectivity index (χ0v) is 14.5. The Labute approximate surface area is 144 Å². The third kappa shape index (κ3) is 4.13. The molecule has 1 aromatic heterocycles. The second-order valence-corrected chi connectivity index (χ2v) is 6.74. The van der Waals surface area contributed by atoms with Crippen molar-refractivity contribution in [3.8, 4) is 5.75 Å². The van der Waals surface area contributed by atoms with E-state index in [9.17, 15) is 5.11 Å². The number of hydrogen-bond donors (Lipinski definition) is 1. The number of nitrogens with zero attached hydrogens (tertiary/aromatic N) is 2. The highest BCUT2D eigenvalue weighted by molar-refractivity contribution is 5.43. The van der Waals surface area contributed by atoms with Gasteiger partial charge in [0.1, 0.15) is 12.4 Å². The van der Waals surface area contributed by atoms with Gasteiger partial charge in [0.2, 0.25) is 0 Å². The number of aliphatic hydroxyl groups is 1. The lowest BCUT2D eigenvalue weighted by atomic mass is 10.1. The van der Waals surface area contributed by atoms with E-state index in [1.165, 1.54) is 16.7 Å². The number of likely N-dealkylation sites (tertiary alicyclic amines) is 1. The van der Waals surface area contributed by atoms with E-state index in [0.717, 1.165) is 37.5 Å². The van der Waals surface area contributed by atoms with Crippen molar-refractivity contribution < 1.29 is 9.84 Å². The SMILES string of the molecule is Cc1cc(CN2CCC(CO)C2)cc(C)c1OCc1ccccn1. The van der Waals surface area contributed by atoms with Crippen LogP contribution in [0.2, 0.25) is 0 Å². The number of benzene rings is 1. The van der Waals surface area contributed by atoms with Gasteiger partial charge in [0.15, 0.2) is 0 Å². The fraction of sp³-hybridized carbons (Fsp3) is 0.450. The molecule has 2 aromatic rings. The number of aryl methyl sites for hydroxylation is 2. The maximum atomic E-state index is 9.28. The minimum atomic E-state index is 0.300. The molecule has 0 radical (unpaired) electrons. The lowest BCUT2D eigenvalue weighted by Crippen LogP contribution is -2.21. The standard InChI is InChI=1S/C20H26N2O2/c1-15-9-18(12-22-8-6-17(11-22)13-23)10-16(2)20(15)24-14-19-5-3-4-7-21-19/h3-5,7,9-10,17,23H,6,8,11-14H2,1-2H3. The van der Waals surface area contributed by atoms with Crippen LogP contribution < -0.4 is 4.74 Å². The van der Waals surface area contributed by atoms with Crippen LogP contribution in [0.15, 0.2) is 36.5 Å². The van der Waals surface area contributed by atoms with Crippen molar-refractivity contribution in [3.05, 3.63) is 58.9 Å². The molecular weight excluding hydrogens is 300 g/mol. The van der Waals surface area contributed by atoms with E-state index in [2.05, 4.69) is 35.9 Å². The van der Waals surface area contributed by atoms with Crippen molar-refractivity contribution in [1.29, 1.82) is 0 Å². The van der Waals surface area contributed by atoms with E-state index in [0.29, 0.717) is 19.1 Å². The Kier molecular flexibility index (Phi) is 5.48. The lowest BCUT2D eigenvalue weighted by Gasteiger charge is -2.18. The van der Waals surface area contributed by atoms with Crippen LogP contribution in [0.1, 0.15) is 28.8 Å². The fourth-order valence-electron chi connectivity index (χ4n) is 3.45. The molecule has 4 heteroatoms. The average molecular weight is 326 g/mol. The van der Waals surface area contributed by atoms with Crippen LogP contribution in [-0.4, -0.2) is 34.7 Å². The molecule has 0 spiro atoms. The summed E-state index contributed by atoms with van der Waals surface area (Å²) in [5.41, 5.74) is 4.58. The van der Waals surface area contributed by atoms with Crippen LogP contribution in [0.25, 0.3) is 0 Å². The maximum absolute atomic E-state index is 9.28. The van der Waals surface area contributed by atoms with Gasteiger partial charge in [0.05, 0.1) is 5.69 Å². The number of pyridine rings is 1. The van der Waals surface area contributed by atoms with Crippen molar-refractivity contribution in [2.45, 2.75) is 33.4 Å². The van der Waals surface area contributed by atoms with Crippen LogP contribution >= 0.6 is 0 Å². The molecule has 4 nitrogen and oxygen atoms in total. The molecule has 128 valence electrons.